The molecule has 3 nitrogen and oxygen atoms in total. The van der Waals surface area contributed by atoms with Gasteiger partial charge in [0.2, 0.25) is 0 Å². The van der Waals surface area contributed by atoms with Gasteiger partial charge < -0.3 is 4.74 Å². The van der Waals surface area contributed by atoms with E-state index in [1.54, 1.807) is 6.08 Å². The smallest absolute Gasteiger partial charge is 0.306 e. The minimum atomic E-state index is -0.483. The van der Waals surface area contributed by atoms with E-state index in [0.717, 1.165) is 18.4 Å². The number of ether oxygens (including phenoxy) is 1. The maximum Gasteiger partial charge on any atom is 0.306 e. The summed E-state index contributed by atoms with van der Waals surface area (Å²) < 4.78 is 5.48. The predicted octanol–water partition coefficient (Wildman–Crippen LogP) is 2.01. The molecule has 0 unspecified atom stereocenters. The maximum absolute atomic E-state index is 11.4. The highest BCUT2D eigenvalue weighted by molar-refractivity contribution is 5.91. The number of rotatable bonds is 0. The van der Waals surface area contributed by atoms with Gasteiger partial charge in [0.1, 0.15) is 5.60 Å². The number of hydrogen-bond acceptors (Lipinski definition) is 3. The van der Waals surface area contributed by atoms with Crippen molar-refractivity contribution in [3.05, 3.63) is 11.6 Å². The van der Waals surface area contributed by atoms with Crippen LogP contribution in [0.5, 0.6) is 0 Å². The van der Waals surface area contributed by atoms with Gasteiger partial charge in [-0.3, -0.25) is 9.59 Å². The number of carbonyl (C=O) groups is 2. The van der Waals surface area contributed by atoms with E-state index < -0.39 is 5.60 Å². The Hall–Kier alpha value is -1.12. The Kier molecular flexibility index (Phi) is 2.41. The number of ketones is 1. The highest BCUT2D eigenvalue weighted by atomic mass is 16.6. The van der Waals surface area contributed by atoms with Crippen LogP contribution in [0.3, 0.4) is 0 Å². The Bertz CT molecular complexity index is 343. The lowest BCUT2D eigenvalue weighted by atomic mass is 9.80. The van der Waals surface area contributed by atoms with Crippen molar-refractivity contribution in [2.24, 2.45) is 5.92 Å². The standard InChI is InChI=1S/C12H16O3/c1-8-3-4-10(13)7-9(2)12(8)6-5-11(14)15-12/h7-8H,3-6H2,1-2H3/t8-,12+/m1/s1. The topological polar surface area (TPSA) is 43.4 Å². The lowest BCUT2D eigenvalue weighted by molar-refractivity contribution is -0.149. The molecule has 2 rings (SSSR count). The van der Waals surface area contributed by atoms with E-state index in [1.165, 1.54) is 0 Å². The van der Waals surface area contributed by atoms with E-state index in [9.17, 15) is 9.59 Å². The predicted molar refractivity (Wildman–Crippen MR) is 55.2 cm³/mol. The fraction of sp³-hybridized carbons (Fsp3) is 0.667. The van der Waals surface area contributed by atoms with Gasteiger partial charge in [0.15, 0.2) is 5.78 Å². The van der Waals surface area contributed by atoms with Crippen LogP contribution < -0.4 is 0 Å². The molecule has 15 heavy (non-hydrogen) atoms. The first-order chi connectivity index (χ1) is 7.04. The molecule has 0 bridgehead atoms. The molecule has 3 heteroatoms. The van der Waals surface area contributed by atoms with Crippen molar-refractivity contribution in [1.29, 1.82) is 0 Å². The van der Waals surface area contributed by atoms with Crippen molar-refractivity contribution in [3.63, 3.8) is 0 Å². The Morgan fingerprint density at radius 1 is 1.40 bits per heavy atom. The summed E-state index contributed by atoms with van der Waals surface area (Å²) in [6, 6.07) is 0. The highest BCUT2D eigenvalue weighted by Crippen LogP contribution is 2.43. The normalized spacial score (nSPS) is 36.4. The van der Waals surface area contributed by atoms with E-state index in [0.29, 0.717) is 12.8 Å². The number of hydrogen-bond donors (Lipinski definition) is 0. The summed E-state index contributed by atoms with van der Waals surface area (Å²) in [6.45, 7) is 3.97. The molecular weight excluding hydrogens is 192 g/mol. The first-order valence-electron chi connectivity index (χ1n) is 5.48. The molecule has 2 aliphatic rings. The second kappa shape index (κ2) is 3.47. The quantitative estimate of drug-likeness (QED) is 0.572. The summed E-state index contributed by atoms with van der Waals surface area (Å²) in [5, 5.41) is 0. The average Bonchev–Trinajstić information content (AvgIpc) is 2.53. The molecule has 0 saturated carbocycles. The molecule has 2 atom stereocenters. The molecule has 0 aromatic carbocycles. The van der Waals surface area contributed by atoms with Gasteiger partial charge in [0.25, 0.3) is 0 Å². The van der Waals surface area contributed by atoms with Crippen LogP contribution >= 0.6 is 0 Å². The molecule has 0 N–H and O–H groups in total. The van der Waals surface area contributed by atoms with Gasteiger partial charge in [-0.2, -0.15) is 0 Å². The zero-order chi connectivity index (χ0) is 11.1. The van der Waals surface area contributed by atoms with Gasteiger partial charge in [0.05, 0.1) is 0 Å². The average molecular weight is 208 g/mol. The first-order valence-corrected chi connectivity index (χ1v) is 5.48. The summed E-state index contributed by atoms with van der Waals surface area (Å²) in [4.78, 5) is 22.7. The van der Waals surface area contributed by atoms with Crippen molar-refractivity contribution in [3.8, 4) is 0 Å². The van der Waals surface area contributed by atoms with Gasteiger partial charge in [-0.25, -0.2) is 0 Å². The first kappa shape index (κ1) is 10.4. The third-order valence-electron chi connectivity index (χ3n) is 3.66. The number of esters is 1. The molecule has 1 aliphatic heterocycles. The third kappa shape index (κ3) is 1.60. The van der Waals surface area contributed by atoms with E-state index in [-0.39, 0.29) is 17.7 Å². The molecule has 1 spiro atoms. The maximum atomic E-state index is 11.4. The Labute approximate surface area is 89.5 Å². The van der Waals surface area contributed by atoms with Gasteiger partial charge in [-0.15, -0.1) is 0 Å². The van der Waals surface area contributed by atoms with Gasteiger partial charge >= 0.3 is 5.97 Å². The van der Waals surface area contributed by atoms with Crippen molar-refractivity contribution in [2.45, 2.75) is 45.1 Å². The summed E-state index contributed by atoms with van der Waals surface area (Å²) in [5.41, 5.74) is 0.437. The molecule has 1 heterocycles. The summed E-state index contributed by atoms with van der Waals surface area (Å²) in [5.74, 6) is 0.259. The van der Waals surface area contributed by atoms with E-state index >= 15 is 0 Å². The van der Waals surface area contributed by atoms with E-state index in [2.05, 4.69) is 6.92 Å². The Morgan fingerprint density at radius 2 is 2.13 bits per heavy atom. The second-order valence-electron chi connectivity index (χ2n) is 4.60. The van der Waals surface area contributed by atoms with Gasteiger partial charge in [-0.05, 0) is 25.0 Å². The van der Waals surface area contributed by atoms with Crippen LogP contribution in [0.1, 0.15) is 39.5 Å². The molecule has 0 amide bonds. The minimum Gasteiger partial charge on any atom is -0.454 e. The molecule has 1 aliphatic carbocycles. The minimum absolute atomic E-state index is 0.135. The number of carbonyl (C=O) groups excluding carboxylic acids is 2. The van der Waals surface area contributed by atoms with Crippen molar-refractivity contribution in [1.82, 2.24) is 0 Å². The van der Waals surface area contributed by atoms with Crippen LogP contribution in [-0.4, -0.2) is 17.4 Å². The zero-order valence-corrected chi connectivity index (χ0v) is 9.21. The summed E-state index contributed by atoms with van der Waals surface area (Å²) >= 11 is 0. The lowest BCUT2D eigenvalue weighted by Crippen LogP contribution is -2.37. The second-order valence-corrected chi connectivity index (χ2v) is 4.60. The van der Waals surface area contributed by atoms with Crippen molar-refractivity contribution >= 4 is 11.8 Å². The highest BCUT2D eigenvalue weighted by Gasteiger charge is 2.47. The van der Waals surface area contributed by atoms with Crippen molar-refractivity contribution in [2.75, 3.05) is 0 Å². The molecule has 1 saturated heterocycles. The van der Waals surface area contributed by atoms with Crippen LogP contribution in [0.15, 0.2) is 11.6 Å². The van der Waals surface area contributed by atoms with E-state index in [1.807, 2.05) is 6.92 Å². The molecule has 0 aromatic heterocycles. The van der Waals surface area contributed by atoms with E-state index in [4.69, 9.17) is 4.74 Å². The van der Waals surface area contributed by atoms with Gasteiger partial charge in [-0.1, -0.05) is 6.92 Å². The zero-order valence-electron chi connectivity index (χ0n) is 9.21. The van der Waals surface area contributed by atoms with Gasteiger partial charge in [0, 0.05) is 25.2 Å². The fourth-order valence-corrected chi connectivity index (χ4v) is 2.63. The molecule has 82 valence electrons. The number of allylic oxidation sites excluding steroid dienone is 1. The molecular formula is C12H16O3. The summed E-state index contributed by atoms with van der Waals surface area (Å²) in [7, 11) is 0. The third-order valence-corrected chi connectivity index (χ3v) is 3.66. The molecule has 0 aromatic rings. The Morgan fingerprint density at radius 3 is 2.73 bits per heavy atom. The van der Waals surface area contributed by atoms with Crippen LogP contribution in [-0.2, 0) is 14.3 Å². The fourth-order valence-electron chi connectivity index (χ4n) is 2.63. The van der Waals surface area contributed by atoms with Crippen LogP contribution in [0.25, 0.3) is 0 Å². The van der Waals surface area contributed by atoms with Crippen LogP contribution in [0.4, 0.5) is 0 Å². The SMILES string of the molecule is CC1=CC(=O)CC[C@@H](C)[C@@]12CCC(=O)O2. The molecule has 1 fully saturated rings. The van der Waals surface area contributed by atoms with Crippen LogP contribution in [0, 0.1) is 5.92 Å². The monoisotopic (exact) mass is 208 g/mol. The van der Waals surface area contributed by atoms with Crippen molar-refractivity contribution < 1.29 is 14.3 Å². The Balaban J connectivity index is 2.38. The largest absolute Gasteiger partial charge is 0.454 e. The molecule has 0 radical (unpaired) electrons. The summed E-state index contributed by atoms with van der Waals surface area (Å²) in [6.07, 6.45) is 4.23. The lowest BCUT2D eigenvalue weighted by Gasteiger charge is -2.33. The van der Waals surface area contributed by atoms with Crippen LogP contribution in [0.2, 0.25) is 0 Å².